The number of amidine groups is 1. The summed E-state index contributed by atoms with van der Waals surface area (Å²) in [6.45, 7) is 3.29. The van der Waals surface area contributed by atoms with E-state index in [1.54, 1.807) is 0 Å². The molecule has 2 rings (SSSR count). The summed E-state index contributed by atoms with van der Waals surface area (Å²) in [5, 5.41) is 0. The van der Waals surface area contributed by atoms with E-state index in [0.29, 0.717) is 0 Å². The number of benzene rings is 1. The maximum atomic E-state index is 14.8. The minimum atomic E-state index is -3.60. The smallest absolute Gasteiger partial charge is 0.315 e. The van der Waals surface area contributed by atoms with Gasteiger partial charge in [0.1, 0.15) is 5.82 Å². The molecule has 5 nitrogen and oxygen atoms in total. The van der Waals surface area contributed by atoms with Gasteiger partial charge in [0.25, 0.3) is 6.02 Å². The number of amides is 1. The molecule has 1 aliphatic heterocycles. The summed E-state index contributed by atoms with van der Waals surface area (Å²) in [7, 11) is 0. The highest BCUT2D eigenvalue weighted by atomic mass is 19.3. The third-order valence-electron chi connectivity index (χ3n) is 3.84. The lowest BCUT2D eigenvalue weighted by molar-refractivity contribution is -0.207. The molecule has 0 bridgehead atoms. The van der Waals surface area contributed by atoms with Gasteiger partial charge in [0, 0.05) is 11.1 Å². The Morgan fingerprint density at radius 2 is 1.86 bits per heavy atom. The number of aliphatic imine (C=N–C) groups is 1. The number of nitrogens with zero attached hydrogens (tertiary/aromatic N) is 1. The van der Waals surface area contributed by atoms with E-state index in [4.69, 9.17) is 16.2 Å². The van der Waals surface area contributed by atoms with Gasteiger partial charge in [-0.2, -0.15) is 8.78 Å². The highest BCUT2D eigenvalue weighted by Gasteiger charge is 2.66. The molecule has 0 aromatic heterocycles. The van der Waals surface area contributed by atoms with Crippen molar-refractivity contribution in [2.75, 3.05) is 0 Å². The van der Waals surface area contributed by atoms with Crippen molar-refractivity contribution in [1.29, 1.82) is 0 Å². The molecule has 1 heterocycles. The van der Waals surface area contributed by atoms with E-state index in [0.717, 1.165) is 39.0 Å². The predicted molar refractivity (Wildman–Crippen MR) is 74.0 cm³/mol. The van der Waals surface area contributed by atoms with Crippen molar-refractivity contribution in [1.82, 2.24) is 0 Å². The van der Waals surface area contributed by atoms with Crippen molar-refractivity contribution in [2.24, 2.45) is 16.5 Å². The lowest BCUT2D eigenvalue weighted by Gasteiger charge is -2.46. The van der Waals surface area contributed by atoms with Crippen molar-refractivity contribution in [2.45, 2.75) is 37.8 Å². The van der Waals surface area contributed by atoms with Gasteiger partial charge in [-0.1, -0.05) is 0 Å². The predicted octanol–water partition coefficient (Wildman–Crippen LogP) is 1.90. The first-order valence-electron chi connectivity index (χ1n) is 6.44. The molecule has 22 heavy (non-hydrogen) atoms. The van der Waals surface area contributed by atoms with Crippen LogP contribution in [0.5, 0.6) is 0 Å². The third-order valence-corrected chi connectivity index (χ3v) is 3.84. The standard InChI is InChI=1S/C14H16F3N3O2/c1-12(2)14(16,17)13(3,20-11(19)22-12)8-6-7(10(18)21)4-5-9(8)15/h4-6H,1-3H3,(H2,18,21)(H2,19,20). The van der Waals surface area contributed by atoms with E-state index in [-0.39, 0.29) is 5.56 Å². The first-order chi connectivity index (χ1) is 9.92. The highest BCUT2D eigenvalue weighted by Crippen LogP contribution is 2.51. The molecular weight excluding hydrogens is 299 g/mol. The number of carbonyl (C=O) groups is 1. The largest absolute Gasteiger partial charge is 0.453 e. The zero-order chi connectivity index (χ0) is 16.9. The molecule has 4 N–H and O–H groups in total. The Balaban J connectivity index is 2.75. The Morgan fingerprint density at radius 1 is 1.27 bits per heavy atom. The van der Waals surface area contributed by atoms with Crippen LogP contribution in [0.3, 0.4) is 0 Å². The third kappa shape index (κ3) is 2.10. The summed E-state index contributed by atoms with van der Waals surface area (Å²) in [6.07, 6.45) is 0. The van der Waals surface area contributed by atoms with Crippen LogP contribution in [-0.4, -0.2) is 23.5 Å². The first-order valence-corrected chi connectivity index (χ1v) is 6.44. The molecule has 1 aliphatic rings. The van der Waals surface area contributed by atoms with Gasteiger partial charge in [-0.05, 0) is 39.0 Å². The van der Waals surface area contributed by atoms with E-state index in [1.165, 1.54) is 0 Å². The quantitative estimate of drug-likeness (QED) is 0.873. The van der Waals surface area contributed by atoms with E-state index in [9.17, 15) is 18.0 Å². The van der Waals surface area contributed by atoms with Gasteiger partial charge in [0.2, 0.25) is 5.91 Å². The minimum absolute atomic E-state index is 0.105. The van der Waals surface area contributed by atoms with Gasteiger partial charge in [0.15, 0.2) is 11.1 Å². The minimum Gasteiger partial charge on any atom is -0.453 e. The van der Waals surface area contributed by atoms with Gasteiger partial charge < -0.3 is 16.2 Å². The maximum Gasteiger partial charge on any atom is 0.315 e. The number of ether oxygens (including phenoxy) is 1. The summed E-state index contributed by atoms with van der Waals surface area (Å²) in [5.74, 6) is -5.40. The van der Waals surface area contributed by atoms with Crippen molar-refractivity contribution in [3.8, 4) is 0 Å². The molecule has 1 unspecified atom stereocenters. The van der Waals surface area contributed by atoms with Crippen LogP contribution in [0.15, 0.2) is 23.2 Å². The topological polar surface area (TPSA) is 90.7 Å². The van der Waals surface area contributed by atoms with Gasteiger partial charge >= 0.3 is 5.92 Å². The van der Waals surface area contributed by atoms with E-state index >= 15 is 0 Å². The Hall–Kier alpha value is -2.25. The Bertz CT molecular complexity index is 673. The van der Waals surface area contributed by atoms with Crippen LogP contribution in [0.25, 0.3) is 0 Å². The van der Waals surface area contributed by atoms with Gasteiger partial charge in [-0.3, -0.25) is 4.79 Å². The average molecular weight is 315 g/mol. The fraction of sp³-hybridized carbons (Fsp3) is 0.429. The molecular formula is C14H16F3N3O2. The molecule has 0 saturated heterocycles. The molecule has 8 heteroatoms. The summed E-state index contributed by atoms with van der Waals surface area (Å²) in [6, 6.07) is 2.48. The van der Waals surface area contributed by atoms with Crippen LogP contribution in [0.4, 0.5) is 13.2 Å². The van der Waals surface area contributed by atoms with Crippen LogP contribution in [0, 0.1) is 5.82 Å². The monoisotopic (exact) mass is 315 g/mol. The summed E-state index contributed by atoms with van der Waals surface area (Å²) in [4.78, 5) is 14.9. The maximum absolute atomic E-state index is 14.8. The number of halogens is 3. The van der Waals surface area contributed by atoms with E-state index < -0.39 is 40.4 Å². The number of nitrogens with two attached hydrogens (primary N) is 2. The molecule has 0 radical (unpaired) electrons. The van der Waals surface area contributed by atoms with Crippen molar-refractivity contribution in [3.05, 3.63) is 35.1 Å². The number of carbonyl (C=O) groups excluding carboxylic acids is 1. The van der Waals surface area contributed by atoms with Crippen molar-refractivity contribution >= 4 is 11.9 Å². The van der Waals surface area contributed by atoms with Crippen LogP contribution >= 0.6 is 0 Å². The first kappa shape index (κ1) is 16.1. The zero-order valence-electron chi connectivity index (χ0n) is 12.3. The Morgan fingerprint density at radius 3 is 2.41 bits per heavy atom. The van der Waals surface area contributed by atoms with Crippen LogP contribution < -0.4 is 11.5 Å². The normalized spacial score (nSPS) is 26.0. The molecule has 1 aromatic rings. The number of alkyl halides is 2. The Kier molecular flexibility index (Phi) is 3.39. The lowest BCUT2D eigenvalue weighted by Crippen LogP contribution is -2.62. The average Bonchev–Trinajstić information content (AvgIpc) is 2.35. The van der Waals surface area contributed by atoms with Crippen LogP contribution in [-0.2, 0) is 10.3 Å². The molecule has 0 fully saturated rings. The summed E-state index contributed by atoms with van der Waals surface area (Å²) in [5.41, 5.74) is 5.66. The number of hydrogen-bond acceptors (Lipinski definition) is 4. The molecule has 0 spiro atoms. The molecule has 1 atom stereocenters. The number of hydrogen-bond donors (Lipinski definition) is 2. The second-order valence-corrected chi connectivity index (χ2v) is 5.77. The van der Waals surface area contributed by atoms with Crippen LogP contribution in [0.2, 0.25) is 0 Å². The Labute approximate surface area is 125 Å². The zero-order valence-corrected chi connectivity index (χ0v) is 12.3. The number of primary amides is 1. The molecule has 0 aliphatic carbocycles. The fourth-order valence-electron chi connectivity index (χ4n) is 2.51. The van der Waals surface area contributed by atoms with Crippen molar-refractivity contribution < 1.29 is 22.7 Å². The highest BCUT2D eigenvalue weighted by molar-refractivity contribution is 5.93. The molecule has 0 saturated carbocycles. The summed E-state index contributed by atoms with van der Waals surface area (Å²) >= 11 is 0. The summed E-state index contributed by atoms with van der Waals surface area (Å²) < 4.78 is 48.7. The van der Waals surface area contributed by atoms with Gasteiger partial charge in [-0.25, -0.2) is 9.38 Å². The SMILES string of the molecule is CC1(C)OC(N)=NC(C)(c2cc(C(N)=O)ccc2F)C1(F)F. The second-order valence-electron chi connectivity index (χ2n) is 5.77. The van der Waals surface area contributed by atoms with Gasteiger partial charge in [-0.15, -0.1) is 0 Å². The number of rotatable bonds is 2. The fourth-order valence-corrected chi connectivity index (χ4v) is 2.51. The van der Waals surface area contributed by atoms with Crippen LogP contribution in [0.1, 0.15) is 36.7 Å². The second kappa shape index (κ2) is 4.62. The molecule has 120 valence electrons. The van der Waals surface area contributed by atoms with Gasteiger partial charge in [0.05, 0.1) is 0 Å². The lowest BCUT2D eigenvalue weighted by atomic mass is 9.77. The van der Waals surface area contributed by atoms with E-state index in [1.807, 2.05) is 0 Å². The molecule has 1 amide bonds. The van der Waals surface area contributed by atoms with E-state index in [2.05, 4.69) is 4.99 Å². The molecule has 1 aromatic carbocycles. The van der Waals surface area contributed by atoms with Crippen molar-refractivity contribution in [3.63, 3.8) is 0 Å².